The number of halogens is 1. The van der Waals surface area contributed by atoms with E-state index in [0.717, 1.165) is 43.9 Å². The summed E-state index contributed by atoms with van der Waals surface area (Å²) in [6, 6.07) is 11.0. The Bertz CT molecular complexity index is 849. The Morgan fingerprint density at radius 1 is 1.25 bits per heavy atom. The Kier molecular flexibility index (Phi) is 11.4. The Hall–Kier alpha value is -1.72. The van der Waals surface area contributed by atoms with Gasteiger partial charge < -0.3 is 15.5 Å². The number of aliphatic imine (C=N–C) groups is 1. The largest absolute Gasteiger partial charge is 0.354 e. The first-order valence-electron chi connectivity index (χ1n) is 11.0. The molecule has 0 spiro atoms. The summed E-state index contributed by atoms with van der Waals surface area (Å²) < 4.78 is 0. The van der Waals surface area contributed by atoms with E-state index in [-0.39, 0.29) is 36.4 Å². The number of guanidine groups is 1. The quantitative estimate of drug-likeness (QED) is 0.290. The van der Waals surface area contributed by atoms with Crippen LogP contribution in [0.25, 0.3) is 0 Å². The van der Waals surface area contributed by atoms with E-state index in [0.29, 0.717) is 18.5 Å². The summed E-state index contributed by atoms with van der Waals surface area (Å²) in [6.45, 7) is 5.96. The number of piperidine rings is 1. The number of aryl methyl sites for hydroxylation is 1. The lowest BCUT2D eigenvalue weighted by Gasteiger charge is -2.33. The third-order valence-electron chi connectivity index (χ3n) is 5.41. The summed E-state index contributed by atoms with van der Waals surface area (Å²) in [5, 5.41) is 7.94. The summed E-state index contributed by atoms with van der Waals surface area (Å²) >= 11 is 1.71. The molecule has 9 heteroatoms. The molecule has 0 atom stereocenters. The van der Waals surface area contributed by atoms with Crippen LogP contribution in [0.5, 0.6) is 0 Å². The maximum Gasteiger partial charge on any atom is 0.243 e. The number of likely N-dealkylation sites (N-methyl/N-ethyl adjacent to an activating group) is 1. The number of nitrogens with zero attached hydrogens (tertiary/aromatic N) is 4. The van der Waals surface area contributed by atoms with E-state index in [4.69, 9.17) is 0 Å². The van der Waals surface area contributed by atoms with Crippen molar-refractivity contribution in [1.29, 1.82) is 0 Å². The van der Waals surface area contributed by atoms with Gasteiger partial charge >= 0.3 is 0 Å². The Balaban J connectivity index is 0.00000363. The van der Waals surface area contributed by atoms with Crippen LogP contribution >= 0.6 is 35.3 Å². The molecular weight excluding hydrogens is 535 g/mol. The van der Waals surface area contributed by atoms with Gasteiger partial charge in [-0.15, -0.1) is 35.3 Å². The number of carbonyl (C=O) groups is 1. The van der Waals surface area contributed by atoms with Crippen LogP contribution in [-0.2, 0) is 24.3 Å². The van der Waals surface area contributed by atoms with Gasteiger partial charge in [0, 0.05) is 50.8 Å². The average Bonchev–Trinajstić information content (AvgIpc) is 3.25. The molecule has 1 aromatic heterocycles. The normalized spacial score (nSPS) is 15.2. The number of hydrogen-bond acceptors (Lipinski definition) is 5. The van der Waals surface area contributed by atoms with Crippen LogP contribution in [0.1, 0.15) is 35.2 Å². The van der Waals surface area contributed by atoms with Gasteiger partial charge in [0.15, 0.2) is 5.96 Å². The predicted molar refractivity (Wildman–Crippen MR) is 143 cm³/mol. The zero-order chi connectivity index (χ0) is 22.1. The molecule has 0 saturated carbocycles. The number of carbonyl (C=O) groups excluding carboxylic acids is 1. The maximum absolute atomic E-state index is 12.0. The number of thiazole rings is 1. The molecule has 1 fully saturated rings. The molecule has 0 radical (unpaired) electrons. The molecule has 176 valence electrons. The molecule has 3 rings (SSSR count). The molecule has 2 aromatic rings. The fraction of sp³-hybridized carbons (Fsp3) is 0.522. The number of amides is 1. The Labute approximate surface area is 212 Å². The lowest BCUT2D eigenvalue weighted by Crippen LogP contribution is -2.48. The summed E-state index contributed by atoms with van der Waals surface area (Å²) in [4.78, 5) is 26.4. The van der Waals surface area contributed by atoms with Gasteiger partial charge in [0.25, 0.3) is 0 Å². The summed E-state index contributed by atoms with van der Waals surface area (Å²) in [5.41, 5.74) is 1.36. The zero-order valence-corrected chi connectivity index (χ0v) is 22.4. The first-order valence-corrected chi connectivity index (χ1v) is 11.8. The Morgan fingerprint density at radius 3 is 2.59 bits per heavy atom. The van der Waals surface area contributed by atoms with Crippen LogP contribution in [0.4, 0.5) is 0 Å². The molecule has 1 aromatic carbocycles. The monoisotopic (exact) mass is 570 g/mol. The van der Waals surface area contributed by atoms with Gasteiger partial charge in [-0.3, -0.25) is 9.69 Å². The highest BCUT2D eigenvalue weighted by Gasteiger charge is 2.20. The van der Waals surface area contributed by atoms with Crippen molar-refractivity contribution >= 4 is 47.2 Å². The summed E-state index contributed by atoms with van der Waals surface area (Å²) in [7, 11) is 3.51. The highest BCUT2D eigenvalue weighted by Crippen LogP contribution is 2.15. The van der Waals surface area contributed by atoms with Gasteiger partial charge in [-0.05, 0) is 24.8 Å². The minimum atomic E-state index is -0.0127. The molecule has 7 nitrogen and oxygen atoms in total. The van der Waals surface area contributed by atoms with E-state index in [1.807, 2.05) is 6.20 Å². The number of nitrogens with one attached hydrogen (secondary N) is 2. The van der Waals surface area contributed by atoms with Gasteiger partial charge in [0.2, 0.25) is 5.91 Å². The fourth-order valence-corrected chi connectivity index (χ4v) is 4.27. The van der Waals surface area contributed by atoms with Crippen molar-refractivity contribution in [2.75, 3.05) is 33.7 Å². The van der Waals surface area contributed by atoms with Crippen molar-refractivity contribution in [2.24, 2.45) is 4.99 Å². The zero-order valence-electron chi connectivity index (χ0n) is 19.2. The number of rotatable bonds is 8. The standard InChI is InChI=1S/C23H34N6OS.HI/c1-4-20-14-24-21(31-20)15-25-23(26-16-22(30)28(2)3)27-19-10-12-29(13-11-19)17-18-8-6-5-7-9-18;/h5-9,14,19H,4,10-13,15-17H2,1-3H3,(H2,25,26,27);1H. The van der Waals surface area contributed by atoms with Gasteiger partial charge in [0.05, 0.1) is 6.54 Å². The number of benzene rings is 1. The summed E-state index contributed by atoms with van der Waals surface area (Å²) in [5.74, 6) is 0.672. The van der Waals surface area contributed by atoms with Crippen molar-refractivity contribution in [3.05, 3.63) is 52.0 Å². The molecule has 1 aliphatic rings. The fourth-order valence-electron chi connectivity index (χ4n) is 3.46. The van der Waals surface area contributed by atoms with Gasteiger partial charge in [-0.25, -0.2) is 9.98 Å². The topological polar surface area (TPSA) is 72.9 Å². The van der Waals surface area contributed by atoms with E-state index in [2.05, 4.69) is 62.8 Å². The van der Waals surface area contributed by atoms with Gasteiger partial charge in [-0.2, -0.15) is 0 Å². The maximum atomic E-state index is 12.0. The molecule has 0 bridgehead atoms. The smallest absolute Gasteiger partial charge is 0.243 e. The van der Waals surface area contributed by atoms with E-state index in [1.165, 1.54) is 10.4 Å². The predicted octanol–water partition coefficient (Wildman–Crippen LogP) is 3.11. The number of hydrogen-bond donors (Lipinski definition) is 2. The molecule has 2 N–H and O–H groups in total. The molecule has 2 heterocycles. The molecule has 32 heavy (non-hydrogen) atoms. The third kappa shape index (κ3) is 8.67. The SMILES string of the molecule is CCc1cnc(CNC(=NCC(=O)N(C)C)NC2CCN(Cc3ccccc3)CC2)s1.I. The van der Waals surface area contributed by atoms with Crippen LogP contribution in [-0.4, -0.2) is 66.4 Å². The highest BCUT2D eigenvalue weighted by molar-refractivity contribution is 14.0. The second kappa shape index (κ2) is 13.7. The molecular formula is C23H35IN6OS. The van der Waals surface area contributed by atoms with Gasteiger partial charge in [-0.1, -0.05) is 37.3 Å². The number of aromatic nitrogens is 1. The molecule has 0 unspecified atom stereocenters. The van der Waals surface area contributed by atoms with E-state index < -0.39 is 0 Å². The second-order valence-electron chi connectivity index (χ2n) is 8.06. The van der Waals surface area contributed by atoms with Crippen molar-refractivity contribution in [3.63, 3.8) is 0 Å². The van der Waals surface area contributed by atoms with Crippen LogP contribution in [0.3, 0.4) is 0 Å². The van der Waals surface area contributed by atoms with Crippen LogP contribution in [0, 0.1) is 0 Å². The number of likely N-dealkylation sites (tertiary alicyclic amines) is 1. The Morgan fingerprint density at radius 2 is 1.97 bits per heavy atom. The van der Waals surface area contributed by atoms with E-state index >= 15 is 0 Å². The first-order chi connectivity index (χ1) is 15.0. The average molecular weight is 571 g/mol. The second-order valence-corrected chi connectivity index (χ2v) is 9.26. The van der Waals surface area contributed by atoms with Gasteiger partial charge in [0.1, 0.15) is 11.6 Å². The van der Waals surface area contributed by atoms with Crippen molar-refractivity contribution < 1.29 is 4.79 Å². The van der Waals surface area contributed by atoms with Crippen LogP contribution in [0.2, 0.25) is 0 Å². The molecule has 1 amide bonds. The first kappa shape index (κ1) is 26.5. The van der Waals surface area contributed by atoms with E-state index in [1.54, 1.807) is 30.3 Å². The minimum absolute atomic E-state index is 0. The lowest BCUT2D eigenvalue weighted by molar-refractivity contribution is -0.127. The van der Waals surface area contributed by atoms with Crippen molar-refractivity contribution in [1.82, 2.24) is 25.4 Å². The lowest BCUT2D eigenvalue weighted by atomic mass is 10.0. The molecule has 0 aliphatic carbocycles. The highest BCUT2D eigenvalue weighted by atomic mass is 127. The van der Waals surface area contributed by atoms with Crippen molar-refractivity contribution in [2.45, 2.75) is 45.3 Å². The van der Waals surface area contributed by atoms with E-state index in [9.17, 15) is 4.79 Å². The molecule has 1 saturated heterocycles. The minimum Gasteiger partial charge on any atom is -0.354 e. The summed E-state index contributed by atoms with van der Waals surface area (Å²) in [6.07, 6.45) is 5.03. The van der Waals surface area contributed by atoms with Crippen LogP contribution < -0.4 is 10.6 Å². The van der Waals surface area contributed by atoms with Crippen LogP contribution in [0.15, 0.2) is 41.5 Å². The third-order valence-corrected chi connectivity index (χ3v) is 6.55. The molecule has 1 aliphatic heterocycles. The van der Waals surface area contributed by atoms with Crippen molar-refractivity contribution in [3.8, 4) is 0 Å².